The first kappa shape index (κ1) is 16.2. The number of aromatic amines is 1. The molecule has 0 aliphatic carbocycles. The predicted molar refractivity (Wildman–Crippen MR) is 94.0 cm³/mol. The van der Waals surface area contributed by atoms with Gasteiger partial charge in [0.2, 0.25) is 5.91 Å². The Kier molecular flexibility index (Phi) is 4.61. The number of hydrogen-bond acceptors (Lipinski definition) is 4. The number of H-pyrrole nitrogens is 1. The van der Waals surface area contributed by atoms with Gasteiger partial charge in [-0.2, -0.15) is 0 Å². The highest BCUT2D eigenvalue weighted by Gasteiger charge is 2.15. The molecule has 7 heteroatoms. The van der Waals surface area contributed by atoms with Crippen molar-refractivity contribution in [1.29, 1.82) is 0 Å². The normalized spacial score (nSPS) is 12.1. The number of aryl methyl sites for hydroxylation is 1. The van der Waals surface area contributed by atoms with E-state index in [-0.39, 0.29) is 24.4 Å². The van der Waals surface area contributed by atoms with Gasteiger partial charge in [0.25, 0.3) is 5.91 Å². The Morgan fingerprint density at radius 3 is 2.75 bits per heavy atom. The van der Waals surface area contributed by atoms with Crippen LogP contribution in [0.4, 0.5) is 0 Å². The summed E-state index contributed by atoms with van der Waals surface area (Å²) in [5.41, 5.74) is 1.78. The van der Waals surface area contributed by atoms with Gasteiger partial charge in [-0.15, -0.1) is 11.3 Å². The van der Waals surface area contributed by atoms with E-state index in [0.717, 1.165) is 15.9 Å². The molecule has 3 rings (SSSR count). The SMILES string of the molecule is Cc1ccc(C(=O)NCC(=O)N[C@@H](C)c2nc3ccccc3[nH]2)s1. The maximum atomic E-state index is 12.0. The highest BCUT2D eigenvalue weighted by atomic mass is 32.1. The number of nitrogens with zero attached hydrogens (tertiary/aromatic N) is 1. The molecule has 0 aliphatic rings. The lowest BCUT2D eigenvalue weighted by Crippen LogP contribution is -2.38. The summed E-state index contributed by atoms with van der Waals surface area (Å²) in [6.07, 6.45) is 0. The van der Waals surface area contributed by atoms with Crippen molar-refractivity contribution in [3.8, 4) is 0 Å². The summed E-state index contributed by atoms with van der Waals surface area (Å²) < 4.78 is 0. The average molecular weight is 342 g/mol. The summed E-state index contributed by atoms with van der Waals surface area (Å²) in [6.45, 7) is 3.71. The first-order valence-electron chi connectivity index (χ1n) is 7.61. The first-order chi connectivity index (χ1) is 11.5. The highest BCUT2D eigenvalue weighted by Crippen LogP contribution is 2.16. The third-order valence-corrected chi connectivity index (χ3v) is 4.57. The molecule has 24 heavy (non-hydrogen) atoms. The Bertz CT molecular complexity index is 850. The minimum absolute atomic E-state index is 0.0691. The molecule has 2 amide bonds. The van der Waals surface area contributed by atoms with E-state index >= 15 is 0 Å². The van der Waals surface area contributed by atoms with E-state index in [1.54, 1.807) is 6.07 Å². The summed E-state index contributed by atoms with van der Waals surface area (Å²) in [6, 6.07) is 11.0. The topological polar surface area (TPSA) is 86.9 Å². The number of benzene rings is 1. The van der Waals surface area contributed by atoms with Crippen molar-refractivity contribution in [3.63, 3.8) is 0 Å². The number of rotatable bonds is 5. The van der Waals surface area contributed by atoms with Gasteiger partial charge >= 0.3 is 0 Å². The third kappa shape index (κ3) is 3.62. The molecule has 0 radical (unpaired) electrons. The molecule has 0 aliphatic heterocycles. The van der Waals surface area contributed by atoms with Gasteiger partial charge in [0.05, 0.1) is 28.5 Å². The van der Waals surface area contributed by atoms with E-state index in [9.17, 15) is 9.59 Å². The summed E-state index contributed by atoms with van der Waals surface area (Å²) in [7, 11) is 0. The zero-order chi connectivity index (χ0) is 17.1. The van der Waals surface area contributed by atoms with E-state index in [4.69, 9.17) is 0 Å². The molecule has 3 N–H and O–H groups in total. The van der Waals surface area contributed by atoms with Crippen molar-refractivity contribution in [3.05, 3.63) is 52.0 Å². The number of nitrogens with one attached hydrogen (secondary N) is 3. The highest BCUT2D eigenvalue weighted by molar-refractivity contribution is 7.13. The number of carbonyl (C=O) groups is 2. The fraction of sp³-hybridized carbons (Fsp3) is 0.235. The molecular weight excluding hydrogens is 324 g/mol. The van der Waals surface area contributed by atoms with Crippen LogP contribution in [0.15, 0.2) is 36.4 Å². The maximum absolute atomic E-state index is 12.0. The maximum Gasteiger partial charge on any atom is 0.261 e. The lowest BCUT2D eigenvalue weighted by atomic mass is 10.3. The second-order valence-corrected chi connectivity index (χ2v) is 6.81. The molecule has 1 aromatic carbocycles. The molecular formula is C17H18N4O2S. The van der Waals surface area contributed by atoms with Crippen LogP contribution in [0.3, 0.4) is 0 Å². The Labute approximate surface area is 143 Å². The molecule has 1 atom stereocenters. The number of aromatic nitrogens is 2. The van der Waals surface area contributed by atoms with Crippen LogP contribution in [0.25, 0.3) is 11.0 Å². The fourth-order valence-electron chi connectivity index (χ4n) is 2.34. The number of hydrogen-bond donors (Lipinski definition) is 3. The Hall–Kier alpha value is -2.67. The molecule has 3 aromatic rings. The van der Waals surface area contributed by atoms with Crippen molar-refractivity contribution < 1.29 is 9.59 Å². The minimum Gasteiger partial charge on any atom is -0.345 e. The number of para-hydroxylation sites is 2. The van der Waals surface area contributed by atoms with Crippen LogP contribution >= 0.6 is 11.3 Å². The van der Waals surface area contributed by atoms with Crippen LogP contribution in [-0.2, 0) is 4.79 Å². The largest absolute Gasteiger partial charge is 0.345 e. The quantitative estimate of drug-likeness (QED) is 0.666. The minimum atomic E-state index is -0.272. The Balaban J connectivity index is 1.55. The molecule has 0 spiro atoms. The van der Waals surface area contributed by atoms with Gasteiger partial charge in [0, 0.05) is 4.88 Å². The Morgan fingerprint density at radius 2 is 2.04 bits per heavy atom. The monoisotopic (exact) mass is 342 g/mol. The number of imidazole rings is 1. The van der Waals surface area contributed by atoms with Gasteiger partial charge in [0.15, 0.2) is 0 Å². The second kappa shape index (κ2) is 6.84. The molecule has 2 aromatic heterocycles. The van der Waals surface area contributed by atoms with Gasteiger partial charge in [-0.25, -0.2) is 4.98 Å². The van der Waals surface area contributed by atoms with Crippen molar-refractivity contribution in [2.24, 2.45) is 0 Å². The number of fused-ring (bicyclic) bond motifs is 1. The molecule has 0 unspecified atom stereocenters. The van der Waals surface area contributed by atoms with Gasteiger partial charge < -0.3 is 15.6 Å². The summed E-state index contributed by atoms with van der Waals surface area (Å²) >= 11 is 1.40. The van der Waals surface area contributed by atoms with E-state index < -0.39 is 0 Å². The van der Waals surface area contributed by atoms with Crippen molar-refractivity contribution in [2.45, 2.75) is 19.9 Å². The molecule has 0 bridgehead atoms. The van der Waals surface area contributed by atoms with Crippen LogP contribution < -0.4 is 10.6 Å². The zero-order valence-electron chi connectivity index (χ0n) is 13.4. The molecule has 0 saturated heterocycles. The van der Waals surface area contributed by atoms with Crippen LogP contribution in [0.5, 0.6) is 0 Å². The van der Waals surface area contributed by atoms with Crippen molar-refractivity contribution >= 4 is 34.2 Å². The van der Waals surface area contributed by atoms with Gasteiger partial charge in [-0.1, -0.05) is 12.1 Å². The fourth-order valence-corrected chi connectivity index (χ4v) is 3.13. The van der Waals surface area contributed by atoms with E-state index in [1.807, 2.05) is 44.2 Å². The Morgan fingerprint density at radius 1 is 1.25 bits per heavy atom. The smallest absolute Gasteiger partial charge is 0.261 e. The third-order valence-electron chi connectivity index (χ3n) is 3.57. The first-order valence-corrected chi connectivity index (χ1v) is 8.43. The van der Waals surface area contributed by atoms with E-state index in [2.05, 4.69) is 20.6 Å². The van der Waals surface area contributed by atoms with Crippen LogP contribution in [0.1, 0.15) is 33.3 Å². The summed E-state index contributed by atoms with van der Waals surface area (Å²) in [4.78, 5) is 33.3. The predicted octanol–water partition coefficient (Wildman–Crippen LogP) is 2.54. The van der Waals surface area contributed by atoms with Crippen LogP contribution in [-0.4, -0.2) is 28.3 Å². The van der Waals surface area contributed by atoms with Crippen molar-refractivity contribution in [2.75, 3.05) is 6.54 Å². The average Bonchev–Trinajstić information content (AvgIpc) is 3.18. The lowest BCUT2D eigenvalue weighted by molar-refractivity contribution is -0.120. The van der Waals surface area contributed by atoms with Crippen LogP contribution in [0, 0.1) is 6.92 Å². The molecule has 0 saturated carbocycles. The van der Waals surface area contributed by atoms with Crippen molar-refractivity contribution in [1.82, 2.24) is 20.6 Å². The van der Waals surface area contributed by atoms with Gasteiger partial charge in [0.1, 0.15) is 5.82 Å². The number of amides is 2. The lowest BCUT2D eigenvalue weighted by Gasteiger charge is -2.11. The van der Waals surface area contributed by atoms with Gasteiger partial charge in [-0.3, -0.25) is 9.59 Å². The molecule has 6 nitrogen and oxygen atoms in total. The number of carbonyl (C=O) groups excluding carboxylic acids is 2. The molecule has 124 valence electrons. The molecule has 2 heterocycles. The number of thiophene rings is 1. The summed E-state index contributed by atoms with van der Waals surface area (Å²) in [5, 5.41) is 5.45. The zero-order valence-corrected chi connectivity index (χ0v) is 14.2. The second-order valence-electron chi connectivity index (χ2n) is 5.52. The van der Waals surface area contributed by atoms with E-state index in [1.165, 1.54) is 11.3 Å². The summed E-state index contributed by atoms with van der Waals surface area (Å²) in [5.74, 6) is 0.189. The van der Waals surface area contributed by atoms with E-state index in [0.29, 0.717) is 10.7 Å². The van der Waals surface area contributed by atoms with Crippen LogP contribution in [0.2, 0.25) is 0 Å². The van der Waals surface area contributed by atoms with Gasteiger partial charge in [-0.05, 0) is 38.1 Å². The molecule has 0 fully saturated rings. The standard InChI is InChI=1S/C17H18N4O2S/c1-10-7-8-14(24-10)17(23)18-9-15(22)19-11(2)16-20-12-5-3-4-6-13(12)21-16/h3-8,11H,9H2,1-2H3,(H,18,23)(H,19,22)(H,20,21)/t11-/m0/s1.